The number of carbonyl (C=O) groups excluding carboxylic acids is 1. The number of nitrogens with one attached hydrogen (secondary N) is 2. The molecule has 5 heteroatoms. The molecule has 1 fully saturated rings. The van der Waals surface area contributed by atoms with Crippen molar-refractivity contribution in [3.05, 3.63) is 29.6 Å². The number of amides is 1. The van der Waals surface area contributed by atoms with Gasteiger partial charge in [0.15, 0.2) is 0 Å². The van der Waals surface area contributed by atoms with Crippen LogP contribution in [0.2, 0.25) is 0 Å². The van der Waals surface area contributed by atoms with Crippen LogP contribution in [-0.4, -0.2) is 18.5 Å². The van der Waals surface area contributed by atoms with Crippen LogP contribution in [0.15, 0.2) is 18.2 Å². The van der Waals surface area contributed by atoms with Crippen molar-refractivity contribution in [1.82, 2.24) is 5.32 Å². The summed E-state index contributed by atoms with van der Waals surface area (Å²) in [6, 6.07) is 6.68. The van der Waals surface area contributed by atoms with E-state index >= 15 is 0 Å². The summed E-state index contributed by atoms with van der Waals surface area (Å²) in [4.78, 5) is 11.4. The molecule has 0 aliphatic heterocycles. The second-order valence-corrected chi connectivity index (χ2v) is 4.65. The van der Waals surface area contributed by atoms with Gasteiger partial charge in [0.25, 0.3) is 0 Å². The Hall–Kier alpha value is -2.09. The van der Waals surface area contributed by atoms with Crippen molar-refractivity contribution in [2.24, 2.45) is 0 Å². The maximum atomic E-state index is 13.3. The Labute approximate surface area is 111 Å². The first-order chi connectivity index (χ1) is 9.20. The Bertz CT molecular complexity index is 506. The number of halogens is 1. The highest BCUT2D eigenvalue weighted by Gasteiger charge is 2.22. The first-order valence-electron chi connectivity index (χ1n) is 6.42. The van der Waals surface area contributed by atoms with Gasteiger partial charge >= 0.3 is 0 Å². The van der Waals surface area contributed by atoms with E-state index in [4.69, 9.17) is 5.26 Å². The highest BCUT2D eigenvalue weighted by atomic mass is 19.1. The van der Waals surface area contributed by atoms with Crippen molar-refractivity contribution in [3.8, 4) is 6.07 Å². The molecule has 0 aromatic heterocycles. The lowest BCUT2D eigenvalue weighted by atomic mass is 10.2. The van der Waals surface area contributed by atoms with Gasteiger partial charge < -0.3 is 10.6 Å². The summed E-state index contributed by atoms with van der Waals surface area (Å²) in [6.45, 7) is 0.538. The summed E-state index contributed by atoms with van der Waals surface area (Å²) in [7, 11) is 0. The highest BCUT2D eigenvalue weighted by Crippen LogP contribution is 2.19. The van der Waals surface area contributed by atoms with Crippen molar-refractivity contribution >= 4 is 11.6 Å². The fourth-order valence-corrected chi connectivity index (χ4v) is 1.78. The maximum Gasteiger partial charge on any atom is 0.220 e. The first kappa shape index (κ1) is 13.3. The molecule has 0 heterocycles. The number of hydrogen-bond acceptors (Lipinski definition) is 3. The molecule has 2 rings (SSSR count). The maximum absolute atomic E-state index is 13.3. The highest BCUT2D eigenvalue weighted by molar-refractivity contribution is 5.76. The summed E-state index contributed by atoms with van der Waals surface area (Å²) in [5, 5.41) is 14.7. The molecule has 4 nitrogen and oxygen atoms in total. The minimum absolute atomic E-state index is 0.0185. The molecule has 0 spiro atoms. The van der Waals surface area contributed by atoms with Crippen LogP contribution in [0.4, 0.5) is 10.1 Å². The molecule has 19 heavy (non-hydrogen) atoms. The van der Waals surface area contributed by atoms with E-state index in [0.717, 1.165) is 12.8 Å². The Morgan fingerprint density at radius 2 is 2.26 bits per heavy atom. The molecule has 1 aliphatic carbocycles. The zero-order chi connectivity index (χ0) is 13.7. The molecule has 2 N–H and O–H groups in total. The first-order valence-corrected chi connectivity index (χ1v) is 6.42. The Kier molecular flexibility index (Phi) is 4.35. The van der Waals surface area contributed by atoms with Crippen LogP contribution in [0.1, 0.15) is 31.2 Å². The lowest BCUT2D eigenvalue weighted by Crippen LogP contribution is -2.25. The van der Waals surface area contributed by atoms with Gasteiger partial charge in [-0.25, -0.2) is 4.39 Å². The molecule has 100 valence electrons. The van der Waals surface area contributed by atoms with Crippen molar-refractivity contribution in [1.29, 1.82) is 5.26 Å². The van der Waals surface area contributed by atoms with E-state index in [-0.39, 0.29) is 11.5 Å². The molecule has 0 radical (unpaired) electrons. The van der Waals surface area contributed by atoms with E-state index in [0.29, 0.717) is 31.1 Å². The van der Waals surface area contributed by atoms with Crippen molar-refractivity contribution < 1.29 is 9.18 Å². The van der Waals surface area contributed by atoms with Gasteiger partial charge in [0.05, 0.1) is 5.69 Å². The number of carbonyl (C=O) groups is 1. The van der Waals surface area contributed by atoms with Gasteiger partial charge in [-0.1, -0.05) is 6.07 Å². The van der Waals surface area contributed by atoms with Crippen LogP contribution >= 0.6 is 0 Å². The molecule has 0 unspecified atom stereocenters. The van der Waals surface area contributed by atoms with Gasteiger partial charge in [-0.3, -0.25) is 4.79 Å². The monoisotopic (exact) mass is 261 g/mol. The summed E-state index contributed by atoms with van der Waals surface area (Å²) in [5.74, 6) is -0.469. The van der Waals surface area contributed by atoms with Crippen molar-refractivity contribution in [2.45, 2.75) is 31.7 Å². The molecular weight excluding hydrogens is 245 g/mol. The molecule has 1 aromatic rings. The van der Waals surface area contributed by atoms with Crippen LogP contribution < -0.4 is 10.6 Å². The number of nitriles is 1. The predicted molar refractivity (Wildman–Crippen MR) is 70.0 cm³/mol. The molecule has 0 bridgehead atoms. The smallest absolute Gasteiger partial charge is 0.220 e. The van der Waals surface area contributed by atoms with E-state index in [1.165, 1.54) is 6.07 Å². The third-order valence-corrected chi connectivity index (χ3v) is 2.96. The Balaban J connectivity index is 1.74. The minimum atomic E-state index is -0.529. The number of hydrogen-bond donors (Lipinski definition) is 2. The zero-order valence-electron chi connectivity index (χ0n) is 10.6. The number of benzene rings is 1. The van der Waals surface area contributed by atoms with Crippen molar-refractivity contribution in [3.63, 3.8) is 0 Å². The van der Waals surface area contributed by atoms with Gasteiger partial charge in [0.1, 0.15) is 17.4 Å². The quantitative estimate of drug-likeness (QED) is 0.771. The average molecular weight is 261 g/mol. The second kappa shape index (κ2) is 6.19. The SMILES string of the molecule is N#Cc1c(F)cccc1NCCCC(=O)NC1CC1. The lowest BCUT2D eigenvalue weighted by molar-refractivity contribution is -0.121. The molecule has 1 saturated carbocycles. The summed E-state index contributed by atoms with van der Waals surface area (Å²) >= 11 is 0. The van der Waals surface area contributed by atoms with E-state index in [1.807, 2.05) is 6.07 Å². The van der Waals surface area contributed by atoms with Crippen LogP contribution in [0.3, 0.4) is 0 Å². The lowest BCUT2D eigenvalue weighted by Gasteiger charge is -2.08. The topological polar surface area (TPSA) is 64.9 Å². The average Bonchev–Trinajstić information content (AvgIpc) is 3.18. The third kappa shape index (κ3) is 3.95. The molecule has 1 amide bonds. The molecule has 1 aliphatic rings. The fraction of sp³-hybridized carbons (Fsp3) is 0.429. The van der Waals surface area contributed by atoms with Gasteiger partial charge in [-0.15, -0.1) is 0 Å². The summed E-state index contributed by atoms with van der Waals surface area (Å²) < 4.78 is 13.3. The molecule has 0 atom stereocenters. The standard InChI is InChI=1S/C14H16FN3O/c15-12-3-1-4-13(11(12)9-16)17-8-2-5-14(19)18-10-6-7-10/h1,3-4,10,17H,2,5-8H2,(H,18,19). The van der Waals surface area contributed by atoms with E-state index in [2.05, 4.69) is 10.6 Å². The molecule has 0 saturated heterocycles. The fourth-order valence-electron chi connectivity index (χ4n) is 1.78. The third-order valence-electron chi connectivity index (χ3n) is 2.96. The molecule has 1 aromatic carbocycles. The predicted octanol–water partition coefficient (Wildman–Crippen LogP) is 2.17. The number of nitrogens with zero attached hydrogens (tertiary/aromatic N) is 1. The van der Waals surface area contributed by atoms with E-state index < -0.39 is 5.82 Å². The number of anilines is 1. The van der Waals surface area contributed by atoms with Gasteiger partial charge in [-0.05, 0) is 31.4 Å². The minimum Gasteiger partial charge on any atom is -0.384 e. The summed E-state index contributed by atoms with van der Waals surface area (Å²) in [6.07, 6.45) is 3.26. The van der Waals surface area contributed by atoms with Crippen LogP contribution in [0, 0.1) is 17.1 Å². The van der Waals surface area contributed by atoms with Gasteiger partial charge in [-0.2, -0.15) is 5.26 Å². The normalized spacial score (nSPS) is 13.7. The van der Waals surface area contributed by atoms with Crippen LogP contribution in [-0.2, 0) is 4.79 Å². The Morgan fingerprint density at radius 1 is 1.47 bits per heavy atom. The van der Waals surface area contributed by atoms with Crippen LogP contribution in [0.5, 0.6) is 0 Å². The van der Waals surface area contributed by atoms with Crippen LogP contribution in [0.25, 0.3) is 0 Å². The Morgan fingerprint density at radius 3 is 2.95 bits per heavy atom. The van der Waals surface area contributed by atoms with Crippen molar-refractivity contribution in [2.75, 3.05) is 11.9 Å². The molecular formula is C14H16FN3O. The number of rotatable bonds is 6. The van der Waals surface area contributed by atoms with Gasteiger partial charge in [0.2, 0.25) is 5.91 Å². The second-order valence-electron chi connectivity index (χ2n) is 4.65. The van der Waals surface area contributed by atoms with E-state index in [9.17, 15) is 9.18 Å². The van der Waals surface area contributed by atoms with Gasteiger partial charge in [0, 0.05) is 19.0 Å². The zero-order valence-corrected chi connectivity index (χ0v) is 10.6. The summed E-state index contributed by atoms with van der Waals surface area (Å²) in [5.41, 5.74) is 0.495. The largest absolute Gasteiger partial charge is 0.384 e. The van der Waals surface area contributed by atoms with E-state index in [1.54, 1.807) is 12.1 Å².